The van der Waals surface area contributed by atoms with Gasteiger partial charge in [-0.2, -0.15) is 0 Å². The monoisotopic (exact) mass is 341 g/mol. The molecule has 6 nitrogen and oxygen atoms in total. The van der Waals surface area contributed by atoms with E-state index in [2.05, 4.69) is 27.5 Å². The first kappa shape index (κ1) is 17.6. The number of rotatable bonds is 6. The van der Waals surface area contributed by atoms with Crippen molar-refractivity contribution in [1.82, 2.24) is 25.2 Å². The quantitative estimate of drug-likeness (QED) is 0.874. The van der Waals surface area contributed by atoms with Crippen LogP contribution < -0.4 is 5.32 Å². The number of nitrogens with one attached hydrogen (secondary N) is 1. The molecule has 0 atom stereocenters. The Balaban J connectivity index is 1.74. The minimum Gasteiger partial charge on any atom is -0.339 e. The zero-order valence-corrected chi connectivity index (χ0v) is 15.1. The highest BCUT2D eigenvalue weighted by Crippen LogP contribution is 2.17. The molecule has 6 heteroatoms. The average molecular weight is 341 g/mol. The molecule has 1 amide bonds. The molecule has 1 fully saturated rings. The molecule has 0 saturated carbocycles. The van der Waals surface area contributed by atoms with E-state index in [1.165, 1.54) is 0 Å². The van der Waals surface area contributed by atoms with Crippen molar-refractivity contribution < 1.29 is 4.79 Å². The Kier molecular flexibility index (Phi) is 5.81. The van der Waals surface area contributed by atoms with Crippen molar-refractivity contribution in [3.8, 4) is 5.69 Å². The van der Waals surface area contributed by atoms with E-state index in [1.54, 1.807) is 4.68 Å². The lowest BCUT2D eigenvalue weighted by Crippen LogP contribution is -2.47. The van der Waals surface area contributed by atoms with Gasteiger partial charge < -0.3 is 10.2 Å². The maximum Gasteiger partial charge on any atom is 0.228 e. The van der Waals surface area contributed by atoms with Crippen molar-refractivity contribution in [3.05, 3.63) is 41.7 Å². The van der Waals surface area contributed by atoms with Gasteiger partial charge in [0.05, 0.1) is 23.5 Å². The first-order valence-electron chi connectivity index (χ1n) is 9.17. The minimum absolute atomic E-state index is 0.164. The van der Waals surface area contributed by atoms with E-state index >= 15 is 0 Å². The molecule has 3 rings (SSSR count). The van der Waals surface area contributed by atoms with Gasteiger partial charge in [0.25, 0.3) is 0 Å². The van der Waals surface area contributed by atoms with E-state index in [0.29, 0.717) is 12.5 Å². The number of carbonyl (C=O) groups excluding carboxylic acids is 1. The summed E-state index contributed by atoms with van der Waals surface area (Å²) in [6.07, 6.45) is 3.36. The summed E-state index contributed by atoms with van der Waals surface area (Å²) in [7, 11) is 0. The molecule has 0 unspecified atom stereocenters. The summed E-state index contributed by atoms with van der Waals surface area (Å²) < 4.78 is 1.80. The van der Waals surface area contributed by atoms with Crippen molar-refractivity contribution in [2.75, 3.05) is 19.6 Å². The molecule has 1 aliphatic rings. The van der Waals surface area contributed by atoms with E-state index < -0.39 is 0 Å². The van der Waals surface area contributed by atoms with Crippen LogP contribution in [0.5, 0.6) is 0 Å². The third kappa shape index (κ3) is 4.07. The molecule has 1 aromatic heterocycles. The summed E-state index contributed by atoms with van der Waals surface area (Å²) in [5.41, 5.74) is 2.67. The van der Waals surface area contributed by atoms with Gasteiger partial charge in [0.2, 0.25) is 5.91 Å². The second-order valence-electron chi connectivity index (χ2n) is 6.61. The number of hydrogen-bond donors (Lipinski definition) is 1. The summed E-state index contributed by atoms with van der Waals surface area (Å²) in [6, 6.07) is 10.3. The first-order valence-corrected chi connectivity index (χ1v) is 9.17. The van der Waals surface area contributed by atoms with Gasteiger partial charge in [-0.25, -0.2) is 4.68 Å². The zero-order valence-electron chi connectivity index (χ0n) is 15.1. The van der Waals surface area contributed by atoms with Crippen LogP contribution in [0.3, 0.4) is 0 Å². The average Bonchev–Trinajstić information content (AvgIpc) is 3.01. The standard InChI is InChI=1S/C19H27N5O/c1-3-13-23(16-9-11-20-12-10-16)19(25)14-18-15(2)24(22-21-18)17-7-5-4-6-8-17/h4-8,16,20H,3,9-14H2,1-2H3. The molecule has 0 bridgehead atoms. The molecule has 134 valence electrons. The molecule has 0 aliphatic carbocycles. The third-order valence-corrected chi connectivity index (χ3v) is 4.84. The molecule has 0 radical (unpaired) electrons. The first-order chi connectivity index (χ1) is 12.2. The molecule has 2 aromatic rings. The fourth-order valence-electron chi connectivity index (χ4n) is 3.45. The maximum atomic E-state index is 12.9. The maximum absolute atomic E-state index is 12.9. The Bertz CT molecular complexity index is 691. The van der Waals surface area contributed by atoms with Gasteiger partial charge >= 0.3 is 0 Å². The topological polar surface area (TPSA) is 63.1 Å². The van der Waals surface area contributed by atoms with E-state index in [0.717, 1.165) is 56.0 Å². The van der Waals surface area contributed by atoms with E-state index in [-0.39, 0.29) is 5.91 Å². The summed E-state index contributed by atoms with van der Waals surface area (Å²) in [4.78, 5) is 15.0. The van der Waals surface area contributed by atoms with Gasteiger partial charge in [-0.3, -0.25) is 4.79 Å². The summed E-state index contributed by atoms with van der Waals surface area (Å²) >= 11 is 0. The predicted molar refractivity (Wildman–Crippen MR) is 97.7 cm³/mol. The Morgan fingerprint density at radius 2 is 2.00 bits per heavy atom. The smallest absolute Gasteiger partial charge is 0.228 e. The molecule has 1 aliphatic heterocycles. The molecule has 0 spiro atoms. The van der Waals surface area contributed by atoms with E-state index in [4.69, 9.17) is 0 Å². The van der Waals surface area contributed by atoms with Crippen molar-refractivity contribution in [3.63, 3.8) is 0 Å². The van der Waals surface area contributed by atoms with Crippen LogP contribution in [-0.2, 0) is 11.2 Å². The third-order valence-electron chi connectivity index (χ3n) is 4.84. The molecular weight excluding hydrogens is 314 g/mol. The second kappa shape index (κ2) is 8.25. The fourth-order valence-corrected chi connectivity index (χ4v) is 3.45. The Labute approximate surface area is 149 Å². The van der Waals surface area contributed by atoms with Crippen LogP contribution in [0.2, 0.25) is 0 Å². The number of para-hydroxylation sites is 1. The highest BCUT2D eigenvalue weighted by molar-refractivity contribution is 5.79. The second-order valence-corrected chi connectivity index (χ2v) is 6.61. The van der Waals surface area contributed by atoms with Crippen LogP contribution >= 0.6 is 0 Å². The molecule has 1 N–H and O–H groups in total. The lowest BCUT2D eigenvalue weighted by molar-refractivity contribution is -0.133. The van der Waals surface area contributed by atoms with Gasteiger partial charge in [-0.05, 0) is 51.4 Å². The number of hydrogen-bond acceptors (Lipinski definition) is 4. The predicted octanol–water partition coefficient (Wildman–Crippen LogP) is 2.11. The Morgan fingerprint density at radius 3 is 2.68 bits per heavy atom. The summed E-state index contributed by atoms with van der Waals surface area (Å²) in [6.45, 7) is 6.89. The van der Waals surface area contributed by atoms with Gasteiger partial charge in [0.15, 0.2) is 0 Å². The number of piperidine rings is 1. The minimum atomic E-state index is 0.164. The Morgan fingerprint density at radius 1 is 1.28 bits per heavy atom. The number of carbonyl (C=O) groups is 1. The van der Waals surface area contributed by atoms with E-state index in [9.17, 15) is 4.79 Å². The van der Waals surface area contributed by atoms with Crippen molar-refractivity contribution >= 4 is 5.91 Å². The number of nitrogens with zero attached hydrogens (tertiary/aromatic N) is 4. The lowest BCUT2D eigenvalue weighted by atomic mass is 10.0. The molecule has 2 heterocycles. The molecular formula is C19H27N5O. The molecule has 1 aromatic carbocycles. The highest BCUT2D eigenvalue weighted by Gasteiger charge is 2.26. The molecule has 1 saturated heterocycles. The van der Waals surface area contributed by atoms with Gasteiger partial charge in [0.1, 0.15) is 0 Å². The lowest BCUT2D eigenvalue weighted by Gasteiger charge is -2.34. The van der Waals surface area contributed by atoms with E-state index in [1.807, 2.05) is 37.3 Å². The van der Waals surface area contributed by atoms with Gasteiger partial charge in [-0.1, -0.05) is 30.3 Å². The van der Waals surface area contributed by atoms with Crippen molar-refractivity contribution in [1.29, 1.82) is 0 Å². The van der Waals surface area contributed by atoms with Crippen LogP contribution in [0.15, 0.2) is 30.3 Å². The van der Waals surface area contributed by atoms with Crippen molar-refractivity contribution in [2.24, 2.45) is 0 Å². The van der Waals surface area contributed by atoms with Crippen LogP contribution in [0.25, 0.3) is 5.69 Å². The number of benzene rings is 1. The SMILES string of the molecule is CCCN(C(=O)Cc1nnn(-c2ccccc2)c1C)C1CCNCC1. The summed E-state index contributed by atoms with van der Waals surface area (Å²) in [5.74, 6) is 0.164. The van der Waals surface area contributed by atoms with Gasteiger partial charge in [0, 0.05) is 12.6 Å². The largest absolute Gasteiger partial charge is 0.339 e. The molecule has 25 heavy (non-hydrogen) atoms. The van der Waals surface area contributed by atoms with Crippen LogP contribution in [-0.4, -0.2) is 51.5 Å². The highest BCUT2D eigenvalue weighted by atomic mass is 16.2. The van der Waals surface area contributed by atoms with Crippen LogP contribution in [0, 0.1) is 6.92 Å². The Hall–Kier alpha value is -2.21. The number of aromatic nitrogens is 3. The normalized spacial score (nSPS) is 15.3. The van der Waals surface area contributed by atoms with Gasteiger partial charge in [-0.15, -0.1) is 5.10 Å². The zero-order chi connectivity index (χ0) is 17.6. The fraction of sp³-hybridized carbons (Fsp3) is 0.526. The van der Waals surface area contributed by atoms with Crippen LogP contribution in [0.4, 0.5) is 0 Å². The summed E-state index contributed by atoms with van der Waals surface area (Å²) in [5, 5.41) is 11.9. The number of amides is 1. The van der Waals surface area contributed by atoms with Crippen molar-refractivity contribution in [2.45, 2.75) is 45.6 Å². The van der Waals surface area contributed by atoms with Crippen LogP contribution in [0.1, 0.15) is 37.6 Å².